The van der Waals surface area contributed by atoms with E-state index in [0.717, 1.165) is 25.7 Å². The Hall–Kier alpha value is -1.34. The van der Waals surface area contributed by atoms with Gasteiger partial charge in [0.25, 0.3) is 0 Å². The molecular weight excluding hydrogens is 268 g/mol. The molecule has 0 saturated heterocycles. The normalized spacial score (nSPS) is 19.6. The highest BCUT2D eigenvalue weighted by Crippen LogP contribution is 2.37. The fourth-order valence-electron chi connectivity index (χ4n) is 2.06. The van der Waals surface area contributed by atoms with Gasteiger partial charge < -0.3 is 9.67 Å². The maximum atomic E-state index is 12.1. The molecule has 0 atom stereocenters. The van der Waals surface area contributed by atoms with Crippen LogP contribution in [0.5, 0.6) is 0 Å². The van der Waals surface area contributed by atoms with Crippen LogP contribution in [0.25, 0.3) is 0 Å². The van der Waals surface area contributed by atoms with Crippen LogP contribution < -0.4 is 4.72 Å². The number of sulfonamides is 1. The highest BCUT2D eigenvalue weighted by molar-refractivity contribution is 7.89. The van der Waals surface area contributed by atoms with Crippen LogP contribution in [0.1, 0.15) is 42.2 Å². The van der Waals surface area contributed by atoms with Gasteiger partial charge in [0.05, 0.1) is 0 Å². The van der Waals surface area contributed by atoms with E-state index in [1.165, 1.54) is 12.3 Å². The number of carboxylic acids is 1. The lowest BCUT2D eigenvalue weighted by Crippen LogP contribution is -2.25. The molecule has 1 heterocycles. The molecule has 2 saturated carbocycles. The third-order valence-corrected chi connectivity index (χ3v) is 4.94. The number of carbonyl (C=O) groups is 1. The molecule has 104 valence electrons. The number of rotatable bonds is 6. The van der Waals surface area contributed by atoms with E-state index < -0.39 is 16.0 Å². The molecular formula is C12H16N2O4S. The van der Waals surface area contributed by atoms with Crippen molar-refractivity contribution in [1.29, 1.82) is 0 Å². The quantitative estimate of drug-likeness (QED) is 0.821. The summed E-state index contributed by atoms with van der Waals surface area (Å²) in [6, 6.07) is 1.38. The van der Waals surface area contributed by atoms with Crippen LogP contribution in [-0.2, 0) is 10.0 Å². The van der Waals surface area contributed by atoms with Gasteiger partial charge in [0.1, 0.15) is 10.6 Å². The van der Waals surface area contributed by atoms with E-state index in [9.17, 15) is 13.2 Å². The molecule has 0 unspecified atom stereocenters. The average Bonchev–Trinajstić information content (AvgIpc) is 3.25. The Morgan fingerprint density at radius 3 is 2.58 bits per heavy atom. The molecule has 2 N–H and O–H groups in total. The van der Waals surface area contributed by atoms with E-state index in [-0.39, 0.29) is 16.6 Å². The van der Waals surface area contributed by atoms with E-state index in [2.05, 4.69) is 4.72 Å². The molecule has 2 fully saturated rings. The molecule has 6 nitrogen and oxygen atoms in total. The maximum Gasteiger partial charge on any atom is 0.352 e. The van der Waals surface area contributed by atoms with Crippen LogP contribution in [0.3, 0.4) is 0 Å². The standard InChI is InChI=1S/C12H16N2O4S/c15-12(16)11-5-10(7-14(11)9-3-4-9)19(17,18)13-6-8-1-2-8/h5,7-9,13H,1-4,6H2,(H,15,16). The van der Waals surface area contributed by atoms with Crippen LogP contribution in [0.4, 0.5) is 0 Å². The van der Waals surface area contributed by atoms with E-state index in [0.29, 0.717) is 12.5 Å². The summed E-state index contributed by atoms with van der Waals surface area (Å²) in [6.07, 6.45) is 5.38. The summed E-state index contributed by atoms with van der Waals surface area (Å²) in [7, 11) is -3.59. The molecule has 0 amide bonds. The van der Waals surface area contributed by atoms with Gasteiger partial charge in [-0.1, -0.05) is 0 Å². The molecule has 1 aromatic heterocycles. The lowest BCUT2D eigenvalue weighted by Gasteiger charge is -2.03. The summed E-state index contributed by atoms with van der Waals surface area (Å²) in [6.45, 7) is 0.444. The number of carboxylic acid groups (broad SMARTS) is 1. The highest BCUT2D eigenvalue weighted by atomic mass is 32.2. The summed E-state index contributed by atoms with van der Waals surface area (Å²) >= 11 is 0. The monoisotopic (exact) mass is 284 g/mol. The zero-order chi connectivity index (χ0) is 13.6. The van der Waals surface area contributed by atoms with Crippen LogP contribution in [0.15, 0.2) is 17.2 Å². The van der Waals surface area contributed by atoms with Gasteiger partial charge in [-0.2, -0.15) is 0 Å². The second-order valence-corrected chi connectivity index (χ2v) is 7.07. The molecule has 0 radical (unpaired) electrons. The molecule has 2 aliphatic rings. The fourth-order valence-corrected chi connectivity index (χ4v) is 3.20. The first-order valence-corrected chi connectivity index (χ1v) is 7.90. The van der Waals surface area contributed by atoms with Crippen LogP contribution in [0, 0.1) is 5.92 Å². The fraction of sp³-hybridized carbons (Fsp3) is 0.583. The number of aromatic nitrogens is 1. The van der Waals surface area contributed by atoms with E-state index in [1.54, 1.807) is 4.57 Å². The van der Waals surface area contributed by atoms with Crippen molar-refractivity contribution in [2.45, 2.75) is 36.6 Å². The Balaban J connectivity index is 1.86. The molecule has 3 rings (SSSR count). The lowest BCUT2D eigenvalue weighted by atomic mass is 10.4. The second kappa shape index (κ2) is 4.35. The van der Waals surface area contributed by atoms with E-state index >= 15 is 0 Å². The first kappa shape index (κ1) is 12.7. The summed E-state index contributed by atoms with van der Waals surface area (Å²) < 4.78 is 28.3. The largest absolute Gasteiger partial charge is 0.477 e. The smallest absolute Gasteiger partial charge is 0.352 e. The third-order valence-electron chi connectivity index (χ3n) is 3.55. The first-order chi connectivity index (χ1) is 8.97. The minimum atomic E-state index is -3.59. The summed E-state index contributed by atoms with van der Waals surface area (Å²) in [4.78, 5) is 11.2. The van der Waals surface area contributed by atoms with Crippen molar-refractivity contribution in [3.8, 4) is 0 Å². The molecule has 19 heavy (non-hydrogen) atoms. The average molecular weight is 284 g/mol. The summed E-state index contributed by atoms with van der Waals surface area (Å²) in [5.74, 6) is -0.644. The summed E-state index contributed by atoms with van der Waals surface area (Å²) in [5.41, 5.74) is 0.0503. The van der Waals surface area contributed by atoms with Crippen LogP contribution >= 0.6 is 0 Å². The molecule has 7 heteroatoms. The van der Waals surface area contributed by atoms with Gasteiger partial charge in [-0.15, -0.1) is 0 Å². The second-order valence-electron chi connectivity index (χ2n) is 5.30. The van der Waals surface area contributed by atoms with Gasteiger partial charge in [0.2, 0.25) is 10.0 Å². The van der Waals surface area contributed by atoms with Gasteiger partial charge in [0.15, 0.2) is 0 Å². The van der Waals surface area contributed by atoms with Gasteiger partial charge >= 0.3 is 5.97 Å². The predicted octanol–water partition coefficient (Wildman–Crippen LogP) is 1.21. The van der Waals surface area contributed by atoms with Crippen molar-refractivity contribution in [3.63, 3.8) is 0 Å². The van der Waals surface area contributed by atoms with Crippen molar-refractivity contribution in [1.82, 2.24) is 9.29 Å². The number of aromatic carboxylic acids is 1. The Morgan fingerprint density at radius 2 is 2.05 bits per heavy atom. The van der Waals surface area contributed by atoms with Crippen LogP contribution in [0.2, 0.25) is 0 Å². The number of nitrogens with zero attached hydrogens (tertiary/aromatic N) is 1. The lowest BCUT2D eigenvalue weighted by molar-refractivity contribution is 0.0685. The van der Waals surface area contributed by atoms with Gasteiger partial charge in [0, 0.05) is 18.8 Å². The number of nitrogens with one attached hydrogen (secondary N) is 1. The zero-order valence-electron chi connectivity index (χ0n) is 10.4. The molecule has 0 spiro atoms. The van der Waals surface area contributed by atoms with Crippen molar-refractivity contribution in [2.75, 3.05) is 6.54 Å². The van der Waals surface area contributed by atoms with Crippen molar-refractivity contribution in [2.24, 2.45) is 5.92 Å². The van der Waals surface area contributed by atoms with E-state index in [1.807, 2.05) is 0 Å². The molecule has 0 aliphatic heterocycles. The van der Waals surface area contributed by atoms with Crippen LogP contribution in [-0.4, -0.2) is 30.6 Å². The molecule has 2 aliphatic carbocycles. The highest BCUT2D eigenvalue weighted by Gasteiger charge is 2.31. The van der Waals surface area contributed by atoms with Crippen molar-refractivity contribution >= 4 is 16.0 Å². The van der Waals surface area contributed by atoms with Gasteiger partial charge in [-0.3, -0.25) is 0 Å². The first-order valence-electron chi connectivity index (χ1n) is 6.42. The topological polar surface area (TPSA) is 88.4 Å². The Labute approximate surface area is 111 Å². The SMILES string of the molecule is O=C(O)c1cc(S(=O)(=O)NCC2CC2)cn1C1CC1. The number of hydrogen-bond donors (Lipinski definition) is 2. The predicted molar refractivity (Wildman–Crippen MR) is 67.6 cm³/mol. The van der Waals surface area contributed by atoms with Crippen molar-refractivity contribution in [3.05, 3.63) is 18.0 Å². The zero-order valence-corrected chi connectivity index (χ0v) is 11.2. The Morgan fingerprint density at radius 1 is 1.37 bits per heavy atom. The molecule has 0 bridgehead atoms. The van der Waals surface area contributed by atoms with Gasteiger partial charge in [-0.05, 0) is 37.7 Å². The van der Waals surface area contributed by atoms with E-state index in [4.69, 9.17) is 5.11 Å². The third kappa shape index (κ3) is 2.66. The Kier molecular flexibility index (Phi) is 2.90. The minimum Gasteiger partial charge on any atom is -0.477 e. The van der Waals surface area contributed by atoms with Gasteiger partial charge in [-0.25, -0.2) is 17.9 Å². The van der Waals surface area contributed by atoms with Crippen molar-refractivity contribution < 1.29 is 18.3 Å². The maximum absolute atomic E-state index is 12.1. The summed E-state index contributed by atoms with van der Waals surface area (Å²) in [5, 5.41) is 9.11. The molecule has 0 aromatic carbocycles. The minimum absolute atomic E-state index is 0.0503. The number of hydrogen-bond acceptors (Lipinski definition) is 3. The Bertz CT molecular complexity index is 612. The molecule has 1 aromatic rings.